The summed E-state index contributed by atoms with van der Waals surface area (Å²) in [5.41, 5.74) is 3.08. The molecule has 3 aromatic rings. The van der Waals surface area contributed by atoms with E-state index in [-0.39, 0.29) is 17.0 Å². The quantitative estimate of drug-likeness (QED) is 0.614. The topological polar surface area (TPSA) is 15.9 Å². The van der Waals surface area contributed by atoms with Gasteiger partial charge >= 0.3 is 11.3 Å². The molecule has 7 heteroatoms. The Morgan fingerprint density at radius 3 is 2.38 bits per heavy atom. The van der Waals surface area contributed by atoms with E-state index in [1.54, 1.807) is 6.07 Å². The monoisotopic (exact) mass is 442 g/mol. The number of alkyl halides is 3. The summed E-state index contributed by atoms with van der Waals surface area (Å²) in [4.78, 5) is 0. The Morgan fingerprint density at radius 1 is 1.08 bits per heavy atom. The standard InChI is InChI=1S/C19H17F3N2S.BrH/c1-3-24-17(14-9-7-13(2)8-10-14)12-25-18(24)23-16-6-4-5-15(11-16)19(20,21)22;/h4-12H,3H2,1-2H3;1H. The Labute approximate surface area is 165 Å². The summed E-state index contributed by atoms with van der Waals surface area (Å²) in [6.45, 7) is 4.77. The molecule has 0 saturated carbocycles. The van der Waals surface area contributed by atoms with Crippen LogP contribution in [0.4, 0.5) is 24.0 Å². The van der Waals surface area contributed by atoms with Crippen molar-refractivity contribution in [1.29, 1.82) is 0 Å². The van der Waals surface area contributed by atoms with Crippen LogP contribution < -0.4 is 26.9 Å². The zero-order valence-electron chi connectivity index (χ0n) is 14.3. The number of hydrogen-bond acceptors (Lipinski definition) is 2. The van der Waals surface area contributed by atoms with Crippen LogP contribution in [0.2, 0.25) is 0 Å². The van der Waals surface area contributed by atoms with Gasteiger partial charge in [0.2, 0.25) is 0 Å². The second-order valence-corrected chi connectivity index (χ2v) is 6.60. The zero-order valence-corrected chi connectivity index (χ0v) is 16.7. The summed E-state index contributed by atoms with van der Waals surface area (Å²) in [5, 5.41) is 5.94. The number of aryl methyl sites for hydroxylation is 1. The van der Waals surface area contributed by atoms with Crippen molar-refractivity contribution in [2.24, 2.45) is 0 Å². The number of anilines is 2. The minimum Gasteiger partial charge on any atom is -1.00 e. The van der Waals surface area contributed by atoms with Crippen LogP contribution in [0.15, 0.2) is 53.9 Å². The average Bonchev–Trinajstić information content (AvgIpc) is 2.97. The lowest BCUT2D eigenvalue weighted by molar-refractivity contribution is -0.664. The highest BCUT2D eigenvalue weighted by Crippen LogP contribution is 2.32. The highest BCUT2D eigenvalue weighted by molar-refractivity contribution is 7.13. The van der Waals surface area contributed by atoms with Crippen LogP contribution in [0, 0.1) is 6.92 Å². The first-order chi connectivity index (χ1) is 11.9. The number of aromatic nitrogens is 1. The van der Waals surface area contributed by atoms with Crippen LogP contribution in [0.5, 0.6) is 0 Å². The predicted octanol–water partition coefficient (Wildman–Crippen LogP) is 2.80. The number of nitrogens with zero attached hydrogens (tertiary/aromatic N) is 1. The fourth-order valence-corrected chi connectivity index (χ4v) is 3.62. The van der Waals surface area contributed by atoms with Gasteiger partial charge in [0.05, 0.1) is 12.1 Å². The molecule has 0 spiro atoms. The van der Waals surface area contributed by atoms with Crippen molar-refractivity contribution < 1.29 is 34.7 Å². The first kappa shape index (κ1) is 20.5. The van der Waals surface area contributed by atoms with E-state index >= 15 is 0 Å². The molecule has 0 aliphatic carbocycles. The van der Waals surface area contributed by atoms with Crippen molar-refractivity contribution in [3.8, 4) is 11.3 Å². The van der Waals surface area contributed by atoms with Gasteiger partial charge in [0.15, 0.2) is 0 Å². The van der Waals surface area contributed by atoms with Crippen molar-refractivity contribution in [3.63, 3.8) is 0 Å². The minimum absolute atomic E-state index is 0. The minimum atomic E-state index is -4.35. The average molecular weight is 443 g/mol. The molecule has 1 heterocycles. The number of nitrogens with one attached hydrogen (secondary N) is 1. The van der Waals surface area contributed by atoms with E-state index in [0.29, 0.717) is 12.2 Å². The largest absolute Gasteiger partial charge is 1.00 e. The smallest absolute Gasteiger partial charge is 0.416 e. The third-order valence-corrected chi connectivity index (χ3v) is 4.81. The summed E-state index contributed by atoms with van der Waals surface area (Å²) in [6, 6.07) is 13.5. The van der Waals surface area contributed by atoms with Gasteiger partial charge in [-0.25, -0.2) is 9.88 Å². The van der Waals surface area contributed by atoms with Crippen molar-refractivity contribution in [3.05, 3.63) is 65.0 Å². The maximum absolute atomic E-state index is 12.9. The van der Waals surface area contributed by atoms with E-state index in [4.69, 9.17) is 0 Å². The third-order valence-electron chi connectivity index (χ3n) is 3.92. The van der Waals surface area contributed by atoms with Gasteiger partial charge in [-0.2, -0.15) is 13.2 Å². The molecule has 1 N–H and O–H groups in total. The molecule has 1 aromatic heterocycles. The summed E-state index contributed by atoms with van der Waals surface area (Å²) in [5.74, 6) is 0. The summed E-state index contributed by atoms with van der Waals surface area (Å²) < 4.78 is 40.7. The molecule has 0 aliphatic heterocycles. The van der Waals surface area contributed by atoms with E-state index in [9.17, 15) is 13.2 Å². The fourth-order valence-electron chi connectivity index (χ4n) is 2.60. The number of thiazole rings is 1. The highest BCUT2D eigenvalue weighted by Gasteiger charge is 2.31. The Morgan fingerprint density at radius 2 is 1.77 bits per heavy atom. The highest BCUT2D eigenvalue weighted by atomic mass is 79.9. The molecule has 2 aromatic carbocycles. The van der Waals surface area contributed by atoms with Gasteiger partial charge in [0, 0.05) is 10.9 Å². The maximum atomic E-state index is 12.9. The predicted molar refractivity (Wildman–Crippen MR) is 95.1 cm³/mol. The maximum Gasteiger partial charge on any atom is 0.416 e. The Kier molecular flexibility index (Phi) is 6.47. The van der Waals surface area contributed by atoms with E-state index in [2.05, 4.69) is 22.0 Å². The molecule has 0 atom stereocenters. The van der Waals surface area contributed by atoms with Crippen molar-refractivity contribution in [1.82, 2.24) is 0 Å². The van der Waals surface area contributed by atoms with Crippen LogP contribution in [-0.2, 0) is 12.7 Å². The second-order valence-electron chi connectivity index (χ2n) is 5.74. The zero-order chi connectivity index (χ0) is 18.0. The molecule has 2 nitrogen and oxygen atoms in total. The van der Waals surface area contributed by atoms with Crippen molar-refractivity contribution in [2.75, 3.05) is 5.32 Å². The molecular weight excluding hydrogens is 425 g/mol. The Balaban J connectivity index is 0.00000243. The van der Waals surface area contributed by atoms with Gasteiger partial charge in [-0.1, -0.05) is 47.2 Å². The summed E-state index contributed by atoms with van der Waals surface area (Å²) in [6.07, 6.45) is -4.35. The molecule has 0 saturated heterocycles. The van der Waals surface area contributed by atoms with Crippen LogP contribution in [0.25, 0.3) is 11.3 Å². The van der Waals surface area contributed by atoms with Gasteiger partial charge in [0.25, 0.3) is 0 Å². The molecule has 0 bridgehead atoms. The van der Waals surface area contributed by atoms with Crippen LogP contribution in [0.1, 0.15) is 18.1 Å². The van der Waals surface area contributed by atoms with E-state index in [1.165, 1.54) is 23.0 Å². The number of rotatable bonds is 4. The summed E-state index contributed by atoms with van der Waals surface area (Å²) in [7, 11) is 0. The van der Waals surface area contributed by atoms with Crippen LogP contribution >= 0.6 is 11.3 Å². The van der Waals surface area contributed by atoms with Gasteiger partial charge in [-0.15, -0.1) is 0 Å². The Hall–Kier alpha value is -1.86. The molecule has 0 fully saturated rings. The van der Waals surface area contributed by atoms with E-state index in [1.807, 2.05) is 31.4 Å². The van der Waals surface area contributed by atoms with Crippen LogP contribution in [-0.4, -0.2) is 0 Å². The number of hydrogen-bond donors (Lipinski definition) is 1. The van der Waals surface area contributed by atoms with E-state index < -0.39 is 11.7 Å². The lowest BCUT2D eigenvalue weighted by atomic mass is 10.1. The van der Waals surface area contributed by atoms with Crippen LogP contribution in [0.3, 0.4) is 0 Å². The van der Waals surface area contributed by atoms with Crippen molar-refractivity contribution in [2.45, 2.75) is 26.6 Å². The molecule has 3 rings (SSSR count). The Bertz CT molecular complexity index is 873. The van der Waals surface area contributed by atoms with Gasteiger partial charge < -0.3 is 17.0 Å². The second kappa shape index (κ2) is 8.22. The third kappa shape index (κ3) is 4.45. The molecule has 0 unspecified atom stereocenters. The van der Waals surface area contributed by atoms with E-state index in [0.717, 1.165) is 28.5 Å². The van der Waals surface area contributed by atoms with Gasteiger partial charge in [-0.3, -0.25) is 0 Å². The summed E-state index contributed by atoms with van der Waals surface area (Å²) >= 11 is 1.48. The molecule has 138 valence electrons. The molecule has 0 amide bonds. The first-order valence-electron chi connectivity index (χ1n) is 7.91. The first-order valence-corrected chi connectivity index (χ1v) is 8.79. The molecule has 26 heavy (non-hydrogen) atoms. The number of halogens is 4. The normalized spacial score (nSPS) is 11.1. The van der Waals surface area contributed by atoms with Crippen molar-refractivity contribution >= 4 is 22.2 Å². The molecule has 0 radical (unpaired) electrons. The van der Waals surface area contributed by atoms with Gasteiger partial charge in [-0.05, 0) is 32.0 Å². The molecular formula is C19H18BrF3N2S. The molecule has 0 aliphatic rings. The number of benzene rings is 2. The fraction of sp³-hybridized carbons (Fsp3) is 0.211. The lowest BCUT2D eigenvalue weighted by Gasteiger charge is -2.08. The SMILES string of the molecule is CC[n+]1c(-c2ccc(C)cc2)csc1Nc1cccc(C(F)(F)F)c1.[Br-]. The lowest BCUT2D eigenvalue weighted by Crippen LogP contribution is -3.00. The van der Waals surface area contributed by atoms with Gasteiger partial charge in [0.1, 0.15) is 11.4 Å².